The molecule has 1 atom stereocenters. The first-order chi connectivity index (χ1) is 19.6. The number of rotatable bonds is 9. The van der Waals surface area contributed by atoms with Gasteiger partial charge in [-0.1, -0.05) is 50.2 Å². The highest BCUT2D eigenvalue weighted by molar-refractivity contribution is 5.80. The number of likely N-dealkylation sites (tertiary alicyclic amines) is 1. The quantitative estimate of drug-likeness (QED) is 0.404. The van der Waals surface area contributed by atoms with Crippen molar-refractivity contribution in [2.24, 2.45) is 11.3 Å². The minimum Gasteiger partial charge on any atom is -0.381 e. The molecule has 3 aliphatic rings. The highest BCUT2D eigenvalue weighted by Crippen LogP contribution is 2.50. The van der Waals surface area contributed by atoms with Crippen LogP contribution in [0.1, 0.15) is 75.0 Å². The molecule has 1 aromatic carbocycles. The van der Waals surface area contributed by atoms with Crippen molar-refractivity contribution in [1.29, 1.82) is 0 Å². The van der Waals surface area contributed by atoms with Crippen molar-refractivity contribution in [1.82, 2.24) is 25.3 Å². The Morgan fingerprint density at radius 2 is 1.85 bits per heavy atom. The first-order valence-corrected chi connectivity index (χ1v) is 14.8. The zero-order valence-electron chi connectivity index (χ0n) is 24.5. The van der Waals surface area contributed by atoms with Crippen molar-refractivity contribution < 1.29 is 19.2 Å². The van der Waals surface area contributed by atoms with Crippen LogP contribution in [0.2, 0.25) is 0 Å². The fourth-order valence-electron chi connectivity index (χ4n) is 6.66. The molecule has 4 heterocycles. The second kappa shape index (κ2) is 10.6. The van der Waals surface area contributed by atoms with Crippen LogP contribution in [-0.4, -0.2) is 69.9 Å². The molecule has 41 heavy (non-hydrogen) atoms. The Hall–Kier alpha value is -3.14. The molecule has 2 aromatic heterocycles. The molecule has 1 amide bonds. The molecule has 2 N–H and O–H groups in total. The molecule has 9 nitrogen and oxygen atoms in total. The van der Waals surface area contributed by atoms with Crippen LogP contribution in [0.5, 0.6) is 0 Å². The molecule has 3 aromatic rings. The third kappa shape index (κ3) is 5.31. The highest BCUT2D eigenvalue weighted by Gasteiger charge is 2.55. The SMILES string of the molecule is CC(C)c1ccc([C@](O)(c2cncc(-c3noc(CC4(NC(=O)C5CCOCC5)CC4)n3)c2)C2(C)CN(C)C2)cc1. The van der Waals surface area contributed by atoms with Crippen molar-refractivity contribution >= 4 is 5.91 Å². The first kappa shape index (κ1) is 28.0. The third-order valence-electron chi connectivity index (χ3n) is 9.31. The van der Waals surface area contributed by atoms with Crippen molar-refractivity contribution in [2.45, 2.75) is 69.9 Å². The monoisotopic (exact) mass is 559 g/mol. The lowest BCUT2D eigenvalue weighted by Crippen LogP contribution is -2.63. The average molecular weight is 560 g/mol. The van der Waals surface area contributed by atoms with E-state index in [9.17, 15) is 9.90 Å². The van der Waals surface area contributed by atoms with Gasteiger partial charge in [0.05, 0.1) is 6.42 Å². The highest BCUT2D eigenvalue weighted by atomic mass is 16.5. The van der Waals surface area contributed by atoms with Gasteiger partial charge in [-0.2, -0.15) is 4.98 Å². The van der Waals surface area contributed by atoms with E-state index < -0.39 is 11.0 Å². The fourth-order valence-corrected chi connectivity index (χ4v) is 6.66. The van der Waals surface area contributed by atoms with Crippen LogP contribution in [-0.2, 0) is 21.6 Å². The molecular formula is C32H41N5O4. The van der Waals surface area contributed by atoms with Gasteiger partial charge in [0.1, 0.15) is 5.60 Å². The van der Waals surface area contributed by atoms with Gasteiger partial charge in [0.15, 0.2) is 0 Å². The Morgan fingerprint density at radius 1 is 1.15 bits per heavy atom. The smallest absolute Gasteiger partial charge is 0.229 e. The number of carbonyl (C=O) groups excluding carboxylic acids is 1. The van der Waals surface area contributed by atoms with Gasteiger partial charge in [0.25, 0.3) is 0 Å². The third-order valence-corrected chi connectivity index (χ3v) is 9.31. The number of aromatic nitrogens is 3. The van der Waals surface area contributed by atoms with Gasteiger partial charge in [-0.25, -0.2) is 0 Å². The standard InChI is InChI=1S/C32H41N5O4/c1-21(2)22-5-7-25(8-6-22)32(39,30(3)19-37(4)20-30)26-15-24(17-33-18-26)28-34-27(41-36-28)16-31(11-12-31)35-29(38)23-9-13-40-14-10-23/h5-8,15,17-18,21,23,39H,9-14,16,19-20H2,1-4H3,(H,35,38)/t32-/m0/s1. The molecule has 1 saturated carbocycles. The Balaban J connectivity index is 1.24. The number of nitrogens with one attached hydrogen (secondary N) is 1. The largest absolute Gasteiger partial charge is 0.381 e. The summed E-state index contributed by atoms with van der Waals surface area (Å²) in [5.74, 6) is 1.42. The van der Waals surface area contributed by atoms with Crippen LogP contribution in [0.15, 0.2) is 47.2 Å². The van der Waals surface area contributed by atoms with E-state index in [0.29, 0.717) is 48.4 Å². The number of pyridine rings is 1. The number of benzene rings is 1. The van der Waals surface area contributed by atoms with Gasteiger partial charge >= 0.3 is 0 Å². The average Bonchev–Trinajstić information content (AvgIpc) is 3.55. The van der Waals surface area contributed by atoms with Crippen molar-refractivity contribution in [2.75, 3.05) is 33.4 Å². The minimum absolute atomic E-state index is 0.00549. The fraction of sp³-hybridized carbons (Fsp3) is 0.562. The topological polar surface area (TPSA) is 114 Å². The maximum Gasteiger partial charge on any atom is 0.229 e. The van der Waals surface area contributed by atoms with Gasteiger partial charge in [-0.15, -0.1) is 0 Å². The van der Waals surface area contributed by atoms with E-state index in [1.165, 1.54) is 5.56 Å². The molecule has 218 valence electrons. The van der Waals surface area contributed by atoms with E-state index in [2.05, 4.69) is 65.3 Å². The van der Waals surface area contributed by atoms with Gasteiger partial charge in [0, 0.05) is 66.7 Å². The number of amides is 1. The van der Waals surface area contributed by atoms with Crippen LogP contribution >= 0.6 is 0 Å². The Kier molecular flexibility index (Phi) is 7.24. The number of hydrogen-bond donors (Lipinski definition) is 2. The van der Waals surface area contributed by atoms with Crippen LogP contribution in [0.4, 0.5) is 0 Å². The van der Waals surface area contributed by atoms with E-state index >= 15 is 0 Å². The molecule has 0 spiro atoms. The van der Waals surface area contributed by atoms with Crippen molar-refractivity contribution in [3.8, 4) is 11.4 Å². The number of aliphatic hydroxyl groups is 1. The zero-order valence-corrected chi connectivity index (χ0v) is 24.5. The van der Waals surface area contributed by atoms with E-state index in [1.807, 2.05) is 18.2 Å². The number of hydrogen-bond acceptors (Lipinski definition) is 8. The van der Waals surface area contributed by atoms with Crippen LogP contribution in [0, 0.1) is 11.3 Å². The zero-order chi connectivity index (χ0) is 28.8. The lowest BCUT2D eigenvalue weighted by Gasteiger charge is -2.55. The number of ether oxygens (including phenoxy) is 1. The van der Waals surface area contributed by atoms with Crippen LogP contribution in [0.25, 0.3) is 11.4 Å². The van der Waals surface area contributed by atoms with E-state index in [1.54, 1.807) is 12.4 Å². The van der Waals surface area contributed by atoms with Crippen molar-refractivity contribution in [3.63, 3.8) is 0 Å². The summed E-state index contributed by atoms with van der Waals surface area (Å²) in [6, 6.07) is 10.2. The lowest BCUT2D eigenvalue weighted by molar-refractivity contribution is -0.128. The molecular weight excluding hydrogens is 518 g/mol. The molecule has 1 aliphatic carbocycles. The predicted octanol–water partition coefficient (Wildman–Crippen LogP) is 4.06. The molecule has 2 saturated heterocycles. The van der Waals surface area contributed by atoms with E-state index in [4.69, 9.17) is 9.26 Å². The molecule has 2 aliphatic heterocycles. The Morgan fingerprint density at radius 3 is 2.49 bits per heavy atom. The van der Waals surface area contributed by atoms with Crippen LogP contribution < -0.4 is 5.32 Å². The summed E-state index contributed by atoms with van der Waals surface area (Å²) in [5.41, 5.74) is 1.50. The number of nitrogens with zero attached hydrogens (tertiary/aromatic N) is 4. The Bertz CT molecular complexity index is 1390. The van der Waals surface area contributed by atoms with Crippen molar-refractivity contribution in [3.05, 3.63) is 65.3 Å². The van der Waals surface area contributed by atoms with E-state index in [0.717, 1.165) is 44.3 Å². The Labute approximate surface area is 241 Å². The van der Waals surface area contributed by atoms with Gasteiger partial charge in [-0.05, 0) is 55.8 Å². The summed E-state index contributed by atoms with van der Waals surface area (Å²) in [6.45, 7) is 9.26. The number of carbonyl (C=O) groups is 1. The predicted molar refractivity (Wildman–Crippen MR) is 154 cm³/mol. The minimum atomic E-state index is -1.25. The second-order valence-corrected chi connectivity index (χ2v) is 13.0. The summed E-state index contributed by atoms with van der Waals surface area (Å²) in [5, 5.41) is 20.0. The molecule has 9 heteroatoms. The molecule has 0 bridgehead atoms. The summed E-state index contributed by atoms with van der Waals surface area (Å²) in [6.07, 6.45) is 7.27. The second-order valence-electron chi connectivity index (χ2n) is 13.0. The lowest BCUT2D eigenvalue weighted by atomic mass is 9.62. The molecule has 3 fully saturated rings. The summed E-state index contributed by atoms with van der Waals surface area (Å²) in [4.78, 5) is 24.2. The molecule has 6 rings (SSSR count). The summed E-state index contributed by atoms with van der Waals surface area (Å²) in [7, 11) is 2.07. The molecule has 0 unspecified atom stereocenters. The van der Waals surface area contributed by atoms with Gasteiger partial charge < -0.3 is 24.6 Å². The normalized spacial score (nSPS) is 21.7. The maximum absolute atomic E-state index is 12.8. The van der Waals surface area contributed by atoms with E-state index in [-0.39, 0.29) is 17.4 Å². The molecule has 0 radical (unpaired) electrons. The van der Waals surface area contributed by atoms with Crippen LogP contribution in [0.3, 0.4) is 0 Å². The van der Waals surface area contributed by atoms with Gasteiger partial charge in [-0.3, -0.25) is 9.78 Å². The summed E-state index contributed by atoms with van der Waals surface area (Å²) >= 11 is 0. The summed E-state index contributed by atoms with van der Waals surface area (Å²) < 4.78 is 11.1. The first-order valence-electron chi connectivity index (χ1n) is 14.8. The maximum atomic E-state index is 12.8. The van der Waals surface area contributed by atoms with Gasteiger partial charge in [0.2, 0.25) is 17.6 Å².